The van der Waals surface area contributed by atoms with E-state index >= 15 is 0 Å². The van der Waals surface area contributed by atoms with E-state index in [-0.39, 0.29) is 0 Å². The zero-order valence-corrected chi connectivity index (χ0v) is 13.7. The summed E-state index contributed by atoms with van der Waals surface area (Å²) < 4.78 is 5.86. The summed E-state index contributed by atoms with van der Waals surface area (Å²) in [6.07, 6.45) is 10.4. The second kappa shape index (κ2) is 9.83. The molecule has 1 saturated heterocycles. The molecule has 0 bridgehead atoms. The highest BCUT2D eigenvalue weighted by Gasteiger charge is 2.08. The standard InChI is InChI=1S/C19H31NO/c1-2-3-9-18-10-12-19(13-11-18)21-17-8-16-20-14-6-4-5-7-15-20/h10-13H,2-9,14-17H2,1H3. The number of benzene rings is 1. The maximum atomic E-state index is 5.86. The molecule has 2 heteroatoms. The van der Waals surface area contributed by atoms with Gasteiger partial charge in [0.25, 0.3) is 0 Å². The second-order valence-corrected chi connectivity index (χ2v) is 6.21. The first kappa shape index (κ1) is 16.4. The van der Waals surface area contributed by atoms with Crippen molar-refractivity contribution in [3.63, 3.8) is 0 Å². The van der Waals surface area contributed by atoms with Gasteiger partial charge < -0.3 is 9.64 Å². The minimum Gasteiger partial charge on any atom is -0.494 e. The predicted octanol–water partition coefficient (Wildman–Crippen LogP) is 4.67. The van der Waals surface area contributed by atoms with E-state index in [0.717, 1.165) is 18.8 Å². The van der Waals surface area contributed by atoms with Crippen LogP contribution in [0.25, 0.3) is 0 Å². The zero-order chi connectivity index (χ0) is 14.8. The Balaban J connectivity index is 1.61. The van der Waals surface area contributed by atoms with Gasteiger partial charge in [0, 0.05) is 6.54 Å². The van der Waals surface area contributed by atoms with Gasteiger partial charge in [0.2, 0.25) is 0 Å². The van der Waals surface area contributed by atoms with E-state index in [2.05, 4.69) is 36.1 Å². The molecule has 0 aliphatic carbocycles. The maximum absolute atomic E-state index is 5.86. The zero-order valence-electron chi connectivity index (χ0n) is 13.7. The van der Waals surface area contributed by atoms with Gasteiger partial charge in [-0.25, -0.2) is 0 Å². The van der Waals surface area contributed by atoms with E-state index in [1.807, 2.05) is 0 Å². The van der Waals surface area contributed by atoms with Crippen LogP contribution in [0.4, 0.5) is 0 Å². The lowest BCUT2D eigenvalue weighted by Gasteiger charge is -2.19. The monoisotopic (exact) mass is 289 g/mol. The normalized spacial score (nSPS) is 16.6. The molecule has 1 aliphatic heterocycles. The van der Waals surface area contributed by atoms with E-state index in [1.54, 1.807) is 0 Å². The van der Waals surface area contributed by atoms with Crippen LogP contribution in [0.5, 0.6) is 5.75 Å². The number of likely N-dealkylation sites (tertiary alicyclic amines) is 1. The van der Waals surface area contributed by atoms with Crippen molar-refractivity contribution in [2.24, 2.45) is 0 Å². The molecule has 0 saturated carbocycles. The quantitative estimate of drug-likeness (QED) is 0.645. The Morgan fingerprint density at radius 2 is 1.67 bits per heavy atom. The van der Waals surface area contributed by atoms with Crippen LogP contribution >= 0.6 is 0 Å². The highest BCUT2D eigenvalue weighted by molar-refractivity contribution is 5.27. The predicted molar refractivity (Wildman–Crippen MR) is 90.1 cm³/mol. The highest BCUT2D eigenvalue weighted by Crippen LogP contribution is 2.14. The van der Waals surface area contributed by atoms with Crippen molar-refractivity contribution in [2.75, 3.05) is 26.2 Å². The summed E-state index contributed by atoms with van der Waals surface area (Å²) in [4.78, 5) is 2.60. The fraction of sp³-hybridized carbons (Fsp3) is 0.684. The molecule has 0 spiro atoms. The Hall–Kier alpha value is -1.02. The smallest absolute Gasteiger partial charge is 0.119 e. The lowest BCUT2D eigenvalue weighted by molar-refractivity contribution is 0.240. The molecule has 0 amide bonds. The number of nitrogens with zero attached hydrogens (tertiary/aromatic N) is 1. The number of unbranched alkanes of at least 4 members (excludes halogenated alkanes) is 1. The molecule has 1 aliphatic rings. The molecule has 1 fully saturated rings. The molecule has 1 aromatic rings. The highest BCUT2D eigenvalue weighted by atomic mass is 16.5. The van der Waals surface area contributed by atoms with Gasteiger partial charge >= 0.3 is 0 Å². The second-order valence-electron chi connectivity index (χ2n) is 6.21. The largest absolute Gasteiger partial charge is 0.494 e. The van der Waals surface area contributed by atoms with E-state index in [0.29, 0.717) is 0 Å². The van der Waals surface area contributed by atoms with Crippen LogP contribution < -0.4 is 4.74 Å². The fourth-order valence-corrected chi connectivity index (χ4v) is 2.97. The first-order chi connectivity index (χ1) is 10.4. The minimum atomic E-state index is 0.838. The van der Waals surface area contributed by atoms with Gasteiger partial charge in [0.05, 0.1) is 6.61 Å². The summed E-state index contributed by atoms with van der Waals surface area (Å²) in [6, 6.07) is 8.66. The first-order valence-electron chi connectivity index (χ1n) is 8.82. The van der Waals surface area contributed by atoms with Crippen LogP contribution in [0, 0.1) is 0 Å². The third-order valence-electron chi connectivity index (χ3n) is 4.33. The molecule has 1 aromatic carbocycles. The molecule has 2 rings (SSSR count). The van der Waals surface area contributed by atoms with Crippen LogP contribution in [-0.2, 0) is 6.42 Å². The minimum absolute atomic E-state index is 0.838. The average molecular weight is 289 g/mol. The van der Waals surface area contributed by atoms with Gasteiger partial charge in [-0.05, 0) is 62.9 Å². The van der Waals surface area contributed by atoms with E-state index in [9.17, 15) is 0 Å². The number of hydrogen-bond acceptors (Lipinski definition) is 2. The molecule has 1 heterocycles. The SMILES string of the molecule is CCCCc1ccc(OCCCN2CCCCCC2)cc1. The molecule has 2 nitrogen and oxygen atoms in total. The van der Waals surface area contributed by atoms with Gasteiger partial charge in [-0.1, -0.05) is 38.3 Å². The van der Waals surface area contributed by atoms with Crippen molar-refractivity contribution in [3.05, 3.63) is 29.8 Å². The van der Waals surface area contributed by atoms with Crippen molar-refractivity contribution >= 4 is 0 Å². The molecule has 0 atom stereocenters. The molecule has 0 aromatic heterocycles. The topological polar surface area (TPSA) is 12.5 Å². The van der Waals surface area contributed by atoms with Crippen LogP contribution in [-0.4, -0.2) is 31.1 Å². The Morgan fingerprint density at radius 1 is 0.952 bits per heavy atom. The van der Waals surface area contributed by atoms with Crippen molar-refractivity contribution < 1.29 is 4.74 Å². The maximum Gasteiger partial charge on any atom is 0.119 e. The molecule has 118 valence electrons. The van der Waals surface area contributed by atoms with Crippen molar-refractivity contribution in [2.45, 2.75) is 58.3 Å². The van der Waals surface area contributed by atoms with Crippen LogP contribution in [0.15, 0.2) is 24.3 Å². The summed E-state index contributed by atoms with van der Waals surface area (Å²) in [6.45, 7) is 6.83. The number of hydrogen-bond donors (Lipinski definition) is 0. The molecule has 21 heavy (non-hydrogen) atoms. The van der Waals surface area contributed by atoms with Crippen LogP contribution in [0.1, 0.15) is 57.4 Å². The lowest BCUT2D eigenvalue weighted by Crippen LogP contribution is -2.26. The van der Waals surface area contributed by atoms with Gasteiger partial charge in [0.1, 0.15) is 5.75 Å². The van der Waals surface area contributed by atoms with E-state index < -0.39 is 0 Å². The molecule has 0 radical (unpaired) electrons. The third-order valence-corrected chi connectivity index (χ3v) is 4.33. The van der Waals surface area contributed by atoms with Crippen molar-refractivity contribution in [1.29, 1.82) is 0 Å². The summed E-state index contributed by atoms with van der Waals surface area (Å²) in [5, 5.41) is 0. The Bertz CT molecular complexity index is 366. The Kier molecular flexibility index (Phi) is 7.66. The molecular formula is C19H31NO. The first-order valence-corrected chi connectivity index (χ1v) is 8.82. The van der Waals surface area contributed by atoms with Gasteiger partial charge in [-0.2, -0.15) is 0 Å². The van der Waals surface area contributed by atoms with Crippen LogP contribution in [0.2, 0.25) is 0 Å². The van der Waals surface area contributed by atoms with Crippen molar-refractivity contribution in [3.8, 4) is 5.75 Å². The van der Waals surface area contributed by atoms with Gasteiger partial charge in [-0.3, -0.25) is 0 Å². The number of rotatable bonds is 8. The summed E-state index contributed by atoms with van der Waals surface area (Å²) in [5.41, 5.74) is 1.42. The summed E-state index contributed by atoms with van der Waals surface area (Å²) in [5.74, 6) is 1.02. The van der Waals surface area contributed by atoms with E-state index in [4.69, 9.17) is 4.74 Å². The molecule has 0 unspecified atom stereocenters. The summed E-state index contributed by atoms with van der Waals surface area (Å²) in [7, 11) is 0. The number of aryl methyl sites for hydroxylation is 1. The van der Waals surface area contributed by atoms with E-state index in [1.165, 1.54) is 70.1 Å². The van der Waals surface area contributed by atoms with Crippen LogP contribution in [0.3, 0.4) is 0 Å². The van der Waals surface area contributed by atoms with Gasteiger partial charge in [0.15, 0.2) is 0 Å². The molecular weight excluding hydrogens is 258 g/mol. The fourth-order valence-electron chi connectivity index (χ4n) is 2.97. The summed E-state index contributed by atoms with van der Waals surface area (Å²) >= 11 is 0. The Morgan fingerprint density at radius 3 is 2.33 bits per heavy atom. The van der Waals surface area contributed by atoms with Gasteiger partial charge in [-0.15, -0.1) is 0 Å². The number of ether oxygens (including phenoxy) is 1. The molecule has 0 N–H and O–H groups in total. The van der Waals surface area contributed by atoms with Crippen molar-refractivity contribution in [1.82, 2.24) is 4.90 Å². The third kappa shape index (κ3) is 6.52. The average Bonchev–Trinajstić information content (AvgIpc) is 2.79. The lowest BCUT2D eigenvalue weighted by atomic mass is 10.1. The Labute approximate surface area is 130 Å².